The lowest BCUT2D eigenvalue weighted by Gasteiger charge is -2.16. The molecule has 1 aromatic heterocycles. The van der Waals surface area contributed by atoms with Gasteiger partial charge in [0.05, 0.1) is 0 Å². The van der Waals surface area contributed by atoms with Gasteiger partial charge in [-0.25, -0.2) is 0 Å². The summed E-state index contributed by atoms with van der Waals surface area (Å²) in [7, 11) is 4.25. The van der Waals surface area contributed by atoms with E-state index in [9.17, 15) is 0 Å². The van der Waals surface area contributed by atoms with Crippen molar-refractivity contribution in [3.8, 4) is 0 Å². The van der Waals surface area contributed by atoms with Crippen LogP contribution in [0.1, 0.15) is 33.5 Å². The lowest BCUT2D eigenvalue weighted by Crippen LogP contribution is -2.00. The highest BCUT2D eigenvalue weighted by Crippen LogP contribution is 2.70. The van der Waals surface area contributed by atoms with Gasteiger partial charge in [-0.1, -0.05) is 38.3 Å². The molecule has 95 valence electrons. The minimum absolute atomic E-state index is 0.210. The summed E-state index contributed by atoms with van der Waals surface area (Å²) in [4.78, 5) is 0.543. The largest absolute Gasteiger partial charge is 0.435 e. The molecule has 1 radical (unpaired) electrons. The van der Waals surface area contributed by atoms with Crippen LogP contribution in [-0.2, 0) is 13.5 Å². The highest BCUT2D eigenvalue weighted by molar-refractivity contribution is 7.80. The van der Waals surface area contributed by atoms with Gasteiger partial charge in [-0.2, -0.15) is 12.6 Å². The highest BCUT2D eigenvalue weighted by Gasteiger charge is 2.60. The minimum atomic E-state index is 0.210. The molecule has 0 saturated carbocycles. The Bertz CT molecular complexity index is 442. The number of oxazole rings is 1. The quantitative estimate of drug-likeness (QED) is 0.509. The van der Waals surface area contributed by atoms with Crippen molar-refractivity contribution in [3.05, 3.63) is 16.8 Å². The Morgan fingerprint density at radius 1 is 1.41 bits per heavy atom. The van der Waals surface area contributed by atoms with Gasteiger partial charge in [-0.3, -0.25) is 0 Å². The summed E-state index contributed by atoms with van der Waals surface area (Å²) in [5.74, 6) is 1.85. The number of aryl methyl sites for hydroxylation is 1. The molecule has 1 aliphatic rings. The standard InChI is InChI=1S/C10H15BNOS2.C2H6/c1-9(10(2,6-14)11-9)4-7-5-12(3)8(15)13-7;1-2/h5,14H,4,6H2,1-3H3;1-2H3. The number of hydrogen-bond acceptors (Lipinski definition) is 3. The summed E-state index contributed by atoms with van der Waals surface area (Å²) < 4.78 is 7.34. The molecule has 1 aliphatic heterocycles. The molecule has 0 amide bonds. The first-order chi connectivity index (χ1) is 7.90. The molecule has 0 aliphatic carbocycles. The van der Waals surface area contributed by atoms with Gasteiger partial charge in [0.2, 0.25) is 0 Å². The predicted octanol–water partition coefficient (Wildman–Crippen LogP) is 3.92. The van der Waals surface area contributed by atoms with Gasteiger partial charge in [-0.05, 0) is 18.0 Å². The molecule has 2 nitrogen and oxygen atoms in total. The molecule has 0 spiro atoms. The van der Waals surface area contributed by atoms with Crippen molar-refractivity contribution in [3.63, 3.8) is 0 Å². The fourth-order valence-electron chi connectivity index (χ4n) is 2.07. The Balaban J connectivity index is 0.000000686. The Morgan fingerprint density at radius 3 is 2.35 bits per heavy atom. The average molecular weight is 270 g/mol. The number of rotatable bonds is 3. The number of aromatic nitrogens is 1. The SMILES string of the molecule is CC.Cn1cc(CC2(C)[B]C2(C)CS)oc1=S. The molecule has 0 aromatic carbocycles. The van der Waals surface area contributed by atoms with Crippen LogP contribution >= 0.6 is 24.8 Å². The second-order valence-electron chi connectivity index (χ2n) is 4.89. The minimum Gasteiger partial charge on any atom is -0.435 e. The Labute approximate surface area is 115 Å². The fourth-order valence-corrected chi connectivity index (χ4v) is 2.68. The summed E-state index contributed by atoms with van der Waals surface area (Å²) >= 11 is 9.42. The van der Waals surface area contributed by atoms with E-state index >= 15 is 0 Å². The van der Waals surface area contributed by atoms with Crippen molar-refractivity contribution in [1.82, 2.24) is 4.57 Å². The van der Waals surface area contributed by atoms with E-state index in [1.807, 2.05) is 31.7 Å². The van der Waals surface area contributed by atoms with Crippen molar-refractivity contribution in [2.24, 2.45) is 7.05 Å². The van der Waals surface area contributed by atoms with Gasteiger partial charge in [0.25, 0.3) is 4.84 Å². The van der Waals surface area contributed by atoms with Crippen molar-refractivity contribution >= 4 is 32.1 Å². The van der Waals surface area contributed by atoms with Gasteiger partial charge in [0.1, 0.15) is 13.0 Å². The molecule has 1 fully saturated rings. The van der Waals surface area contributed by atoms with Crippen LogP contribution in [0.2, 0.25) is 10.6 Å². The van der Waals surface area contributed by atoms with Crippen LogP contribution in [0.3, 0.4) is 0 Å². The van der Waals surface area contributed by atoms with Crippen LogP contribution < -0.4 is 0 Å². The zero-order chi connectivity index (χ0) is 13.3. The molecule has 1 aromatic rings. The van der Waals surface area contributed by atoms with E-state index in [0.717, 1.165) is 17.9 Å². The number of hydrogen-bond donors (Lipinski definition) is 1. The Kier molecular flexibility index (Phi) is 4.58. The number of nitrogens with zero attached hydrogens (tertiary/aromatic N) is 1. The summed E-state index contributed by atoms with van der Waals surface area (Å²) in [6, 6.07) is 0. The summed E-state index contributed by atoms with van der Waals surface area (Å²) in [6.45, 7) is 8.48. The first kappa shape index (κ1) is 14.9. The molecule has 2 heterocycles. The van der Waals surface area contributed by atoms with E-state index in [2.05, 4.69) is 33.8 Å². The third-order valence-corrected chi connectivity index (χ3v) is 4.60. The van der Waals surface area contributed by atoms with Crippen molar-refractivity contribution in [2.45, 2.75) is 44.7 Å². The average Bonchev–Trinajstić information content (AvgIpc) is 2.68. The third kappa shape index (κ3) is 2.82. The highest BCUT2D eigenvalue weighted by atomic mass is 32.1. The van der Waals surface area contributed by atoms with Crippen LogP contribution in [-0.4, -0.2) is 17.6 Å². The summed E-state index contributed by atoms with van der Waals surface area (Å²) in [6.07, 6.45) is 2.88. The lowest BCUT2D eigenvalue weighted by molar-refractivity contribution is 0.448. The van der Waals surface area contributed by atoms with Gasteiger partial charge >= 0.3 is 0 Å². The van der Waals surface area contributed by atoms with Crippen molar-refractivity contribution < 1.29 is 4.42 Å². The lowest BCUT2D eigenvalue weighted by atomic mass is 9.86. The molecule has 2 rings (SSSR count). The molecule has 2 unspecified atom stereocenters. The van der Waals surface area contributed by atoms with Gasteiger partial charge in [-0.15, -0.1) is 0 Å². The van der Waals surface area contributed by atoms with E-state index in [0.29, 0.717) is 4.84 Å². The maximum absolute atomic E-state index is 5.50. The van der Waals surface area contributed by atoms with Crippen LogP contribution in [0.4, 0.5) is 0 Å². The molecular formula is C12H21BNOS2. The first-order valence-corrected chi connectivity index (χ1v) is 7.08. The van der Waals surface area contributed by atoms with E-state index in [1.54, 1.807) is 0 Å². The fraction of sp³-hybridized carbons (Fsp3) is 0.750. The topological polar surface area (TPSA) is 18.1 Å². The molecule has 17 heavy (non-hydrogen) atoms. The molecule has 2 atom stereocenters. The second-order valence-corrected chi connectivity index (χ2v) is 5.55. The van der Waals surface area contributed by atoms with E-state index in [4.69, 9.17) is 16.6 Å². The van der Waals surface area contributed by atoms with Crippen molar-refractivity contribution in [1.29, 1.82) is 0 Å². The monoisotopic (exact) mass is 270 g/mol. The van der Waals surface area contributed by atoms with Crippen LogP contribution in [0.15, 0.2) is 10.6 Å². The third-order valence-electron chi connectivity index (χ3n) is 3.57. The van der Waals surface area contributed by atoms with E-state index in [1.165, 1.54) is 0 Å². The van der Waals surface area contributed by atoms with E-state index < -0.39 is 0 Å². The smallest absolute Gasteiger partial charge is 0.268 e. The maximum Gasteiger partial charge on any atom is 0.268 e. The molecule has 1 saturated heterocycles. The van der Waals surface area contributed by atoms with E-state index in [-0.39, 0.29) is 10.6 Å². The normalized spacial score (nSPS) is 30.2. The first-order valence-electron chi connectivity index (χ1n) is 6.03. The molecule has 0 bridgehead atoms. The van der Waals surface area contributed by atoms with Crippen LogP contribution in [0.25, 0.3) is 0 Å². The summed E-state index contributed by atoms with van der Waals surface area (Å²) in [5.41, 5.74) is 0. The van der Waals surface area contributed by atoms with Gasteiger partial charge in [0.15, 0.2) is 0 Å². The van der Waals surface area contributed by atoms with Crippen LogP contribution in [0.5, 0.6) is 0 Å². The van der Waals surface area contributed by atoms with Crippen LogP contribution in [0, 0.1) is 4.84 Å². The molecule has 0 N–H and O–H groups in total. The second kappa shape index (κ2) is 5.23. The summed E-state index contributed by atoms with van der Waals surface area (Å²) in [5, 5.41) is 0.449. The van der Waals surface area contributed by atoms with Crippen molar-refractivity contribution in [2.75, 3.05) is 5.75 Å². The molecular weight excluding hydrogens is 249 g/mol. The maximum atomic E-state index is 5.50. The Morgan fingerprint density at radius 2 is 2.00 bits per heavy atom. The molecule has 5 heteroatoms. The Hall–Kier alpha value is -0.155. The predicted molar refractivity (Wildman–Crippen MR) is 79.9 cm³/mol. The number of thiol groups is 1. The van der Waals surface area contributed by atoms with Gasteiger partial charge < -0.3 is 8.98 Å². The van der Waals surface area contributed by atoms with Gasteiger partial charge in [0, 0.05) is 19.7 Å². The zero-order valence-electron chi connectivity index (χ0n) is 11.3. The zero-order valence-corrected chi connectivity index (χ0v) is 13.0.